The first kappa shape index (κ1) is 11.6. The maximum absolute atomic E-state index is 11.2. The smallest absolute Gasteiger partial charge is 0.161 e. The van der Waals surface area contributed by atoms with Gasteiger partial charge in [0.2, 0.25) is 0 Å². The molecule has 1 aromatic carbocycles. The van der Waals surface area contributed by atoms with Crippen LogP contribution >= 0.6 is 0 Å². The van der Waals surface area contributed by atoms with Crippen molar-refractivity contribution >= 4 is 17.2 Å². The van der Waals surface area contributed by atoms with E-state index >= 15 is 0 Å². The third-order valence-electron chi connectivity index (χ3n) is 2.41. The zero-order chi connectivity index (χ0) is 11.4. The Bertz CT molecular complexity index is 361. The van der Waals surface area contributed by atoms with Crippen molar-refractivity contribution in [3.63, 3.8) is 0 Å². The van der Waals surface area contributed by atoms with Crippen LogP contribution in [0.4, 0.5) is 11.4 Å². The summed E-state index contributed by atoms with van der Waals surface area (Å²) >= 11 is 0. The number of benzene rings is 1. The van der Waals surface area contributed by atoms with Gasteiger partial charge < -0.3 is 10.6 Å². The fraction of sp³-hybridized carbons (Fsp3) is 0.417. The highest BCUT2D eigenvalue weighted by molar-refractivity contribution is 5.99. The number of anilines is 2. The van der Waals surface area contributed by atoms with E-state index < -0.39 is 0 Å². The third-order valence-corrected chi connectivity index (χ3v) is 2.41. The lowest BCUT2D eigenvalue weighted by atomic mass is 10.1. The molecule has 3 nitrogen and oxygen atoms in total. The molecule has 0 saturated heterocycles. The number of carbonyl (C=O) groups excluding carboxylic acids is 1. The number of hydrogen-bond acceptors (Lipinski definition) is 3. The minimum Gasteiger partial charge on any atom is -0.398 e. The lowest BCUT2D eigenvalue weighted by Gasteiger charge is -2.19. The van der Waals surface area contributed by atoms with Gasteiger partial charge in [0, 0.05) is 30.5 Å². The summed E-state index contributed by atoms with van der Waals surface area (Å²) in [6.45, 7) is 4.64. The second-order valence-electron chi connectivity index (χ2n) is 3.75. The van der Waals surface area contributed by atoms with Gasteiger partial charge in [0.25, 0.3) is 0 Å². The molecule has 15 heavy (non-hydrogen) atoms. The molecule has 0 atom stereocenters. The molecule has 0 aliphatic heterocycles. The first-order chi connectivity index (χ1) is 7.06. The van der Waals surface area contributed by atoms with Gasteiger partial charge in [0.1, 0.15) is 0 Å². The standard InChI is InChI=1S/C12H18N2O/c1-4-7-14(3)10-5-6-11(9(2)15)12(13)8-10/h5-6,8H,4,7,13H2,1-3H3. The highest BCUT2D eigenvalue weighted by atomic mass is 16.1. The van der Waals surface area contributed by atoms with E-state index in [1.807, 2.05) is 19.2 Å². The van der Waals surface area contributed by atoms with Crippen LogP contribution in [0, 0.1) is 0 Å². The predicted octanol–water partition coefficient (Wildman–Crippen LogP) is 2.32. The van der Waals surface area contributed by atoms with Gasteiger partial charge in [0.15, 0.2) is 5.78 Å². The molecule has 0 amide bonds. The van der Waals surface area contributed by atoms with Gasteiger partial charge in [0.05, 0.1) is 0 Å². The van der Waals surface area contributed by atoms with Gasteiger partial charge in [-0.15, -0.1) is 0 Å². The maximum Gasteiger partial charge on any atom is 0.161 e. The number of ketones is 1. The van der Waals surface area contributed by atoms with Gasteiger partial charge in [-0.1, -0.05) is 6.92 Å². The maximum atomic E-state index is 11.2. The molecular formula is C12H18N2O. The SMILES string of the molecule is CCCN(C)c1ccc(C(C)=O)c(N)c1. The van der Waals surface area contributed by atoms with Crippen molar-refractivity contribution in [2.24, 2.45) is 0 Å². The number of nitrogens with zero attached hydrogens (tertiary/aromatic N) is 1. The summed E-state index contributed by atoms with van der Waals surface area (Å²) < 4.78 is 0. The Morgan fingerprint density at radius 2 is 2.13 bits per heavy atom. The molecule has 0 heterocycles. The summed E-state index contributed by atoms with van der Waals surface area (Å²) in [5.74, 6) is 0.0113. The Kier molecular flexibility index (Phi) is 3.72. The van der Waals surface area contributed by atoms with Crippen molar-refractivity contribution in [1.29, 1.82) is 0 Å². The van der Waals surface area contributed by atoms with E-state index in [-0.39, 0.29) is 5.78 Å². The Labute approximate surface area is 90.9 Å². The van der Waals surface area contributed by atoms with Crippen LogP contribution in [0.5, 0.6) is 0 Å². The summed E-state index contributed by atoms with van der Waals surface area (Å²) in [6.07, 6.45) is 1.09. The molecule has 0 aliphatic carbocycles. The van der Waals surface area contributed by atoms with E-state index in [0.717, 1.165) is 18.7 Å². The Balaban J connectivity index is 2.96. The average Bonchev–Trinajstić information content (AvgIpc) is 2.17. The van der Waals surface area contributed by atoms with Crippen molar-refractivity contribution in [2.75, 3.05) is 24.2 Å². The summed E-state index contributed by atoms with van der Waals surface area (Å²) in [4.78, 5) is 13.3. The fourth-order valence-corrected chi connectivity index (χ4v) is 1.57. The molecular weight excluding hydrogens is 188 g/mol. The molecule has 3 heteroatoms. The second kappa shape index (κ2) is 4.82. The first-order valence-corrected chi connectivity index (χ1v) is 5.17. The van der Waals surface area contributed by atoms with E-state index in [1.165, 1.54) is 6.92 Å². The average molecular weight is 206 g/mol. The van der Waals surface area contributed by atoms with Crippen LogP contribution in [0.2, 0.25) is 0 Å². The molecule has 0 unspecified atom stereocenters. The highest BCUT2D eigenvalue weighted by Gasteiger charge is 2.06. The Morgan fingerprint density at radius 3 is 2.60 bits per heavy atom. The summed E-state index contributed by atoms with van der Waals surface area (Å²) in [5.41, 5.74) is 8.02. The van der Waals surface area contributed by atoms with E-state index in [1.54, 1.807) is 6.07 Å². The third kappa shape index (κ3) is 2.72. The first-order valence-electron chi connectivity index (χ1n) is 5.17. The molecule has 1 rings (SSSR count). The molecule has 0 saturated carbocycles. The molecule has 0 spiro atoms. The van der Waals surface area contributed by atoms with Gasteiger partial charge in [-0.2, -0.15) is 0 Å². The van der Waals surface area contributed by atoms with Crippen LogP contribution in [0.15, 0.2) is 18.2 Å². The number of nitrogens with two attached hydrogens (primary N) is 1. The normalized spacial score (nSPS) is 10.1. The zero-order valence-corrected chi connectivity index (χ0v) is 9.58. The number of hydrogen-bond donors (Lipinski definition) is 1. The van der Waals surface area contributed by atoms with Crippen LogP contribution in [0.1, 0.15) is 30.6 Å². The van der Waals surface area contributed by atoms with Crippen LogP contribution in [0.25, 0.3) is 0 Å². The number of carbonyl (C=O) groups is 1. The lowest BCUT2D eigenvalue weighted by molar-refractivity contribution is 0.101. The van der Waals surface area contributed by atoms with E-state index in [4.69, 9.17) is 5.73 Å². The minimum atomic E-state index is 0.0113. The van der Waals surface area contributed by atoms with Gasteiger partial charge in [-0.3, -0.25) is 4.79 Å². The Morgan fingerprint density at radius 1 is 1.47 bits per heavy atom. The summed E-state index contributed by atoms with van der Waals surface area (Å²) in [6, 6.07) is 5.58. The van der Waals surface area contributed by atoms with Gasteiger partial charge >= 0.3 is 0 Å². The summed E-state index contributed by atoms with van der Waals surface area (Å²) in [5, 5.41) is 0. The van der Waals surface area contributed by atoms with Crippen LogP contribution in [-0.4, -0.2) is 19.4 Å². The molecule has 82 valence electrons. The highest BCUT2D eigenvalue weighted by Crippen LogP contribution is 2.21. The van der Waals surface area contributed by atoms with Crippen molar-refractivity contribution in [3.05, 3.63) is 23.8 Å². The van der Waals surface area contributed by atoms with Crippen molar-refractivity contribution < 1.29 is 4.79 Å². The molecule has 2 N–H and O–H groups in total. The number of nitrogen functional groups attached to an aromatic ring is 1. The quantitative estimate of drug-likeness (QED) is 0.607. The molecule has 0 aromatic heterocycles. The van der Waals surface area contributed by atoms with Crippen LogP contribution in [0.3, 0.4) is 0 Å². The van der Waals surface area contributed by atoms with Crippen molar-refractivity contribution in [1.82, 2.24) is 0 Å². The minimum absolute atomic E-state index is 0.0113. The fourth-order valence-electron chi connectivity index (χ4n) is 1.57. The van der Waals surface area contributed by atoms with E-state index in [2.05, 4.69) is 11.8 Å². The van der Waals surface area contributed by atoms with Crippen molar-refractivity contribution in [2.45, 2.75) is 20.3 Å². The lowest BCUT2D eigenvalue weighted by Crippen LogP contribution is -2.18. The van der Waals surface area contributed by atoms with Crippen LogP contribution < -0.4 is 10.6 Å². The molecule has 0 bridgehead atoms. The predicted molar refractivity (Wildman–Crippen MR) is 64.4 cm³/mol. The Hall–Kier alpha value is -1.51. The van der Waals surface area contributed by atoms with Crippen molar-refractivity contribution in [3.8, 4) is 0 Å². The van der Waals surface area contributed by atoms with E-state index in [0.29, 0.717) is 11.3 Å². The largest absolute Gasteiger partial charge is 0.398 e. The molecule has 0 fully saturated rings. The molecule has 1 aromatic rings. The zero-order valence-electron chi connectivity index (χ0n) is 9.58. The second-order valence-corrected chi connectivity index (χ2v) is 3.75. The molecule has 0 radical (unpaired) electrons. The monoisotopic (exact) mass is 206 g/mol. The van der Waals surface area contributed by atoms with Crippen LogP contribution in [-0.2, 0) is 0 Å². The molecule has 0 aliphatic rings. The van der Waals surface area contributed by atoms with E-state index in [9.17, 15) is 4.79 Å². The number of Topliss-reactive ketones (excluding diaryl/α,β-unsaturated/α-hetero) is 1. The van der Waals surface area contributed by atoms with Gasteiger partial charge in [-0.25, -0.2) is 0 Å². The number of rotatable bonds is 4. The topological polar surface area (TPSA) is 46.3 Å². The van der Waals surface area contributed by atoms with Gasteiger partial charge in [-0.05, 0) is 31.5 Å². The summed E-state index contributed by atoms with van der Waals surface area (Å²) in [7, 11) is 2.02.